The van der Waals surface area contributed by atoms with Crippen molar-refractivity contribution < 1.29 is 9.53 Å². The first-order valence-electron chi connectivity index (χ1n) is 7.32. The van der Waals surface area contributed by atoms with Crippen molar-refractivity contribution in [2.75, 3.05) is 0 Å². The zero-order chi connectivity index (χ0) is 14.5. The van der Waals surface area contributed by atoms with E-state index in [1.165, 1.54) is 18.5 Å². The molecule has 2 aromatic rings. The summed E-state index contributed by atoms with van der Waals surface area (Å²) in [6.07, 6.45) is 7.05. The normalized spacial score (nSPS) is 12.8. The van der Waals surface area contributed by atoms with Crippen LogP contribution in [0.1, 0.15) is 62.6 Å². The predicted octanol–water partition coefficient (Wildman–Crippen LogP) is 4.08. The average molecular weight is 294 g/mol. The molecule has 0 N–H and O–H groups in total. The first-order valence-corrected chi connectivity index (χ1v) is 8.20. The SMILES string of the molecule is CCCCCC(C)OC(=O)c1cn2c(CC)csc2n1. The first-order chi connectivity index (χ1) is 9.65. The van der Waals surface area contributed by atoms with E-state index >= 15 is 0 Å². The van der Waals surface area contributed by atoms with Gasteiger partial charge in [-0.05, 0) is 26.2 Å². The number of hydrogen-bond donors (Lipinski definition) is 0. The molecule has 110 valence electrons. The van der Waals surface area contributed by atoms with E-state index in [9.17, 15) is 4.79 Å². The molecule has 5 heteroatoms. The van der Waals surface area contributed by atoms with Gasteiger partial charge in [-0.1, -0.05) is 26.7 Å². The minimum atomic E-state index is -0.313. The van der Waals surface area contributed by atoms with E-state index in [4.69, 9.17) is 4.74 Å². The lowest BCUT2D eigenvalue weighted by Gasteiger charge is -2.11. The van der Waals surface area contributed by atoms with Crippen molar-refractivity contribution in [3.05, 3.63) is 23.0 Å². The summed E-state index contributed by atoms with van der Waals surface area (Å²) in [5.74, 6) is -0.313. The Kier molecular flexibility index (Phi) is 5.17. The van der Waals surface area contributed by atoms with Crippen LogP contribution >= 0.6 is 11.3 Å². The van der Waals surface area contributed by atoms with Gasteiger partial charge in [-0.25, -0.2) is 9.78 Å². The van der Waals surface area contributed by atoms with Crippen molar-refractivity contribution >= 4 is 22.3 Å². The van der Waals surface area contributed by atoms with Crippen LogP contribution in [0.15, 0.2) is 11.6 Å². The Balaban J connectivity index is 1.98. The number of aromatic nitrogens is 2. The Labute approximate surface area is 123 Å². The van der Waals surface area contributed by atoms with Crippen LogP contribution in [0, 0.1) is 0 Å². The van der Waals surface area contributed by atoms with Crippen LogP contribution in [-0.4, -0.2) is 21.5 Å². The third-order valence-electron chi connectivity index (χ3n) is 3.38. The molecular formula is C15H22N2O2S. The molecular weight excluding hydrogens is 272 g/mol. The Morgan fingerprint density at radius 3 is 2.95 bits per heavy atom. The average Bonchev–Trinajstić information content (AvgIpc) is 2.98. The van der Waals surface area contributed by atoms with E-state index in [1.54, 1.807) is 17.5 Å². The number of ether oxygens (including phenoxy) is 1. The molecule has 4 nitrogen and oxygen atoms in total. The molecule has 0 aliphatic carbocycles. The monoisotopic (exact) mass is 294 g/mol. The molecule has 0 saturated heterocycles. The fraction of sp³-hybridized carbons (Fsp3) is 0.600. The highest BCUT2D eigenvalue weighted by Crippen LogP contribution is 2.18. The molecule has 1 unspecified atom stereocenters. The maximum absolute atomic E-state index is 12.1. The van der Waals surface area contributed by atoms with Gasteiger partial charge in [0.15, 0.2) is 10.7 Å². The molecule has 0 fully saturated rings. The van der Waals surface area contributed by atoms with Crippen molar-refractivity contribution in [1.29, 1.82) is 0 Å². The number of carbonyl (C=O) groups excluding carboxylic acids is 1. The Hall–Kier alpha value is -1.36. The third-order valence-corrected chi connectivity index (χ3v) is 4.27. The number of nitrogens with zero attached hydrogens (tertiary/aromatic N) is 2. The van der Waals surface area contributed by atoms with Gasteiger partial charge in [-0.2, -0.15) is 0 Å². The van der Waals surface area contributed by atoms with Gasteiger partial charge in [-0.15, -0.1) is 11.3 Å². The molecule has 0 saturated carbocycles. The molecule has 20 heavy (non-hydrogen) atoms. The van der Waals surface area contributed by atoms with Crippen molar-refractivity contribution in [3.63, 3.8) is 0 Å². The van der Waals surface area contributed by atoms with Gasteiger partial charge < -0.3 is 4.74 Å². The minimum absolute atomic E-state index is 0.0422. The number of fused-ring (bicyclic) bond motifs is 1. The maximum Gasteiger partial charge on any atom is 0.358 e. The van der Waals surface area contributed by atoms with Gasteiger partial charge in [0, 0.05) is 17.3 Å². The second-order valence-corrected chi connectivity index (χ2v) is 5.91. The standard InChI is InChI=1S/C15H22N2O2S/c1-4-6-7-8-11(3)19-14(18)13-9-17-12(5-2)10-20-15(17)16-13/h9-11H,4-8H2,1-3H3. The van der Waals surface area contributed by atoms with Gasteiger partial charge in [0.2, 0.25) is 0 Å². The number of esters is 1. The van der Waals surface area contributed by atoms with Crippen molar-refractivity contribution in [1.82, 2.24) is 9.38 Å². The smallest absolute Gasteiger partial charge is 0.358 e. The van der Waals surface area contributed by atoms with Crippen molar-refractivity contribution in [3.8, 4) is 0 Å². The second-order valence-electron chi connectivity index (χ2n) is 5.07. The molecule has 1 atom stereocenters. The van der Waals surface area contributed by atoms with Gasteiger partial charge in [-0.3, -0.25) is 4.40 Å². The summed E-state index contributed by atoms with van der Waals surface area (Å²) in [5.41, 5.74) is 1.58. The number of thiazole rings is 1. The van der Waals surface area contributed by atoms with Crippen molar-refractivity contribution in [2.24, 2.45) is 0 Å². The minimum Gasteiger partial charge on any atom is -0.458 e. The number of carbonyl (C=O) groups is 1. The maximum atomic E-state index is 12.1. The highest BCUT2D eigenvalue weighted by atomic mass is 32.1. The van der Waals surface area contributed by atoms with Gasteiger partial charge in [0.05, 0.1) is 6.10 Å². The molecule has 2 heterocycles. The van der Waals surface area contributed by atoms with Gasteiger partial charge >= 0.3 is 5.97 Å². The van der Waals surface area contributed by atoms with Crippen LogP contribution in [0.2, 0.25) is 0 Å². The molecule has 0 radical (unpaired) electrons. The fourth-order valence-corrected chi connectivity index (χ4v) is 3.12. The van der Waals surface area contributed by atoms with E-state index < -0.39 is 0 Å². The third kappa shape index (κ3) is 3.39. The lowest BCUT2D eigenvalue weighted by molar-refractivity contribution is 0.0313. The van der Waals surface area contributed by atoms with E-state index in [0.717, 1.165) is 24.2 Å². The highest BCUT2D eigenvalue weighted by molar-refractivity contribution is 7.15. The fourth-order valence-electron chi connectivity index (χ4n) is 2.17. The number of imidazole rings is 1. The van der Waals surface area contributed by atoms with Crippen LogP contribution in [0.4, 0.5) is 0 Å². The highest BCUT2D eigenvalue weighted by Gasteiger charge is 2.17. The van der Waals surface area contributed by atoms with E-state index in [1.807, 2.05) is 11.3 Å². The molecule has 2 rings (SSSR count). The summed E-state index contributed by atoms with van der Waals surface area (Å²) in [5, 5.41) is 2.07. The Morgan fingerprint density at radius 2 is 2.25 bits per heavy atom. The van der Waals surface area contributed by atoms with E-state index in [2.05, 4.69) is 24.2 Å². The van der Waals surface area contributed by atoms with Gasteiger partial charge in [0.1, 0.15) is 0 Å². The predicted molar refractivity (Wildman–Crippen MR) is 81.5 cm³/mol. The van der Waals surface area contributed by atoms with Crippen LogP contribution in [0.25, 0.3) is 4.96 Å². The van der Waals surface area contributed by atoms with Crippen molar-refractivity contribution in [2.45, 2.75) is 59.0 Å². The molecule has 0 bridgehead atoms. The molecule has 2 aromatic heterocycles. The van der Waals surface area contributed by atoms with Crippen LogP contribution < -0.4 is 0 Å². The molecule has 0 aliphatic rings. The van der Waals surface area contributed by atoms with Crippen LogP contribution in [0.5, 0.6) is 0 Å². The summed E-state index contributed by atoms with van der Waals surface area (Å²) in [7, 11) is 0. The number of aryl methyl sites for hydroxylation is 1. The number of hydrogen-bond acceptors (Lipinski definition) is 4. The molecule has 0 spiro atoms. The van der Waals surface area contributed by atoms with E-state index in [0.29, 0.717) is 5.69 Å². The first kappa shape index (κ1) is 15.0. The zero-order valence-electron chi connectivity index (χ0n) is 12.4. The molecule has 0 aromatic carbocycles. The lowest BCUT2D eigenvalue weighted by atomic mass is 10.1. The van der Waals surface area contributed by atoms with Crippen LogP contribution in [-0.2, 0) is 11.2 Å². The lowest BCUT2D eigenvalue weighted by Crippen LogP contribution is -2.15. The largest absolute Gasteiger partial charge is 0.458 e. The topological polar surface area (TPSA) is 43.6 Å². The number of unbranched alkanes of at least 4 members (excludes halogenated alkanes) is 2. The second kappa shape index (κ2) is 6.88. The quantitative estimate of drug-likeness (QED) is 0.571. The van der Waals surface area contributed by atoms with Gasteiger partial charge in [0.25, 0.3) is 0 Å². The Bertz CT molecular complexity index is 573. The summed E-state index contributed by atoms with van der Waals surface area (Å²) in [4.78, 5) is 17.3. The Morgan fingerprint density at radius 1 is 1.45 bits per heavy atom. The summed E-state index contributed by atoms with van der Waals surface area (Å²) < 4.78 is 7.42. The zero-order valence-corrected chi connectivity index (χ0v) is 13.2. The molecule has 0 aliphatic heterocycles. The number of rotatable bonds is 7. The van der Waals surface area contributed by atoms with E-state index in [-0.39, 0.29) is 12.1 Å². The summed E-state index contributed by atoms with van der Waals surface area (Å²) in [6.45, 7) is 6.21. The summed E-state index contributed by atoms with van der Waals surface area (Å²) in [6, 6.07) is 0. The molecule has 0 amide bonds. The summed E-state index contributed by atoms with van der Waals surface area (Å²) >= 11 is 1.56. The van der Waals surface area contributed by atoms with Crippen LogP contribution in [0.3, 0.4) is 0 Å².